The largest absolute Gasteiger partial charge is 0.467 e. The predicted molar refractivity (Wildman–Crippen MR) is 103 cm³/mol. The van der Waals surface area contributed by atoms with Crippen LogP contribution in [0.1, 0.15) is 5.76 Å². The molecule has 3 heterocycles. The third-order valence-electron chi connectivity index (χ3n) is 4.57. The number of aromatic nitrogens is 2. The lowest BCUT2D eigenvalue weighted by molar-refractivity contribution is -0.118. The van der Waals surface area contributed by atoms with Crippen molar-refractivity contribution in [2.45, 2.75) is 6.54 Å². The minimum Gasteiger partial charge on any atom is -0.467 e. The highest BCUT2D eigenvalue weighted by Crippen LogP contribution is 2.24. The van der Waals surface area contributed by atoms with Gasteiger partial charge in [-0.05, 0) is 12.1 Å². The van der Waals surface area contributed by atoms with E-state index < -0.39 is 0 Å². The summed E-state index contributed by atoms with van der Waals surface area (Å²) in [6, 6.07) is 15.8. The van der Waals surface area contributed by atoms with Gasteiger partial charge in [-0.2, -0.15) is 4.98 Å². The van der Waals surface area contributed by atoms with E-state index in [2.05, 4.69) is 20.2 Å². The van der Waals surface area contributed by atoms with E-state index >= 15 is 0 Å². The number of anilines is 2. The fraction of sp³-hybridized carbons (Fsp3) is 0.250. The summed E-state index contributed by atoms with van der Waals surface area (Å²) in [4.78, 5) is 24.3. The van der Waals surface area contributed by atoms with Gasteiger partial charge in [0.25, 0.3) is 0 Å². The number of rotatable bonds is 6. The van der Waals surface area contributed by atoms with Crippen molar-refractivity contribution in [1.82, 2.24) is 14.9 Å². The number of hydrogen-bond donors (Lipinski definition) is 1. The Morgan fingerprint density at radius 1 is 1.04 bits per heavy atom. The summed E-state index contributed by atoms with van der Waals surface area (Å²) >= 11 is 0. The maximum absolute atomic E-state index is 11.0. The molecule has 0 saturated carbocycles. The van der Waals surface area contributed by atoms with E-state index in [0.29, 0.717) is 25.6 Å². The van der Waals surface area contributed by atoms with Crippen LogP contribution in [0.25, 0.3) is 11.3 Å². The number of nitrogens with zero attached hydrogens (tertiary/aromatic N) is 4. The van der Waals surface area contributed by atoms with Crippen LogP contribution in [0.3, 0.4) is 0 Å². The molecule has 3 aromatic rings. The Morgan fingerprint density at radius 2 is 1.85 bits per heavy atom. The topological polar surface area (TPSA) is 74.5 Å². The molecule has 4 rings (SSSR count). The summed E-state index contributed by atoms with van der Waals surface area (Å²) in [6.07, 6.45) is 2.55. The van der Waals surface area contributed by atoms with Gasteiger partial charge in [0.1, 0.15) is 11.6 Å². The van der Waals surface area contributed by atoms with E-state index in [4.69, 9.17) is 4.42 Å². The lowest BCUT2D eigenvalue weighted by Crippen LogP contribution is -2.46. The van der Waals surface area contributed by atoms with Crippen LogP contribution < -0.4 is 10.2 Å². The third kappa shape index (κ3) is 4.08. The van der Waals surface area contributed by atoms with Crippen molar-refractivity contribution in [3.63, 3.8) is 0 Å². The average Bonchev–Trinajstić information content (AvgIpc) is 3.26. The summed E-state index contributed by atoms with van der Waals surface area (Å²) in [5.74, 6) is 2.24. The van der Waals surface area contributed by atoms with E-state index in [9.17, 15) is 4.79 Å². The van der Waals surface area contributed by atoms with Crippen LogP contribution in [0.5, 0.6) is 0 Å². The minimum atomic E-state index is 0.517. The number of carbonyl (C=O) groups is 1. The Morgan fingerprint density at radius 3 is 2.56 bits per heavy atom. The Hall–Kier alpha value is -3.35. The van der Waals surface area contributed by atoms with Gasteiger partial charge >= 0.3 is 0 Å². The van der Waals surface area contributed by atoms with Crippen molar-refractivity contribution in [1.29, 1.82) is 0 Å². The number of nitrogens with one attached hydrogen (secondary N) is 1. The Labute approximate surface area is 157 Å². The van der Waals surface area contributed by atoms with Crippen molar-refractivity contribution in [2.75, 3.05) is 36.4 Å². The molecule has 7 nitrogen and oxygen atoms in total. The molecule has 2 aromatic heterocycles. The van der Waals surface area contributed by atoms with Crippen molar-refractivity contribution in [3.05, 3.63) is 60.6 Å². The molecule has 1 saturated heterocycles. The van der Waals surface area contributed by atoms with Gasteiger partial charge in [-0.15, -0.1) is 0 Å². The van der Waals surface area contributed by atoms with Gasteiger partial charge in [0.2, 0.25) is 12.4 Å². The summed E-state index contributed by atoms with van der Waals surface area (Å²) in [5.41, 5.74) is 1.90. The minimum absolute atomic E-state index is 0.517. The van der Waals surface area contributed by atoms with Gasteiger partial charge in [0, 0.05) is 37.8 Å². The van der Waals surface area contributed by atoms with Crippen molar-refractivity contribution in [2.24, 2.45) is 0 Å². The van der Waals surface area contributed by atoms with E-state index in [1.54, 1.807) is 11.2 Å². The van der Waals surface area contributed by atoms with Crippen LogP contribution in [0.2, 0.25) is 0 Å². The molecule has 0 radical (unpaired) electrons. The standard InChI is InChI=1S/C20H21N5O2/c26-15-24-8-10-25(11-9-24)19-13-18(16-5-2-1-3-6-16)22-20(23-19)21-14-17-7-4-12-27-17/h1-7,12-13,15H,8-11,14H2,(H,21,22,23). The second-order valence-electron chi connectivity index (χ2n) is 6.36. The van der Waals surface area contributed by atoms with Crippen LogP contribution in [0.15, 0.2) is 59.2 Å². The zero-order valence-electron chi connectivity index (χ0n) is 14.9. The highest BCUT2D eigenvalue weighted by atomic mass is 16.3. The zero-order valence-corrected chi connectivity index (χ0v) is 14.9. The second kappa shape index (κ2) is 7.90. The first kappa shape index (κ1) is 17.1. The molecule has 7 heteroatoms. The summed E-state index contributed by atoms with van der Waals surface area (Å²) < 4.78 is 5.37. The third-order valence-corrected chi connectivity index (χ3v) is 4.57. The second-order valence-corrected chi connectivity index (χ2v) is 6.36. The van der Waals surface area contributed by atoms with Crippen LogP contribution in [-0.4, -0.2) is 47.5 Å². The highest BCUT2D eigenvalue weighted by Gasteiger charge is 2.18. The first-order valence-corrected chi connectivity index (χ1v) is 8.97. The van der Waals surface area contributed by atoms with Gasteiger partial charge in [-0.3, -0.25) is 4.79 Å². The number of amides is 1. The molecule has 1 aliphatic heterocycles. The molecule has 1 aliphatic rings. The average molecular weight is 363 g/mol. The lowest BCUT2D eigenvalue weighted by Gasteiger charge is -2.33. The number of piperazine rings is 1. The number of hydrogen-bond acceptors (Lipinski definition) is 6. The highest BCUT2D eigenvalue weighted by molar-refractivity contribution is 5.65. The zero-order chi connectivity index (χ0) is 18.5. The molecule has 0 atom stereocenters. The normalized spacial score (nSPS) is 14.2. The first-order valence-electron chi connectivity index (χ1n) is 8.97. The Kier molecular flexibility index (Phi) is 5.00. The van der Waals surface area contributed by atoms with E-state index in [1.165, 1.54) is 0 Å². The summed E-state index contributed by atoms with van der Waals surface area (Å²) in [6.45, 7) is 3.42. The molecular weight excluding hydrogens is 342 g/mol. The quantitative estimate of drug-likeness (QED) is 0.679. The van der Waals surface area contributed by atoms with Gasteiger partial charge in [-0.25, -0.2) is 4.98 Å². The molecule has 138 valence electrons. The van der Waals surface area contributed by atoms with Crippen LogP contribution >= 0.6 is 0 Å². The molecular formula is C20H21N5O2. The number of furan rings is 1. The molecule has 0 unspecified atom stereocenters. The maximum atomic E-state index is 11.0. The van der Waals surface area contributed by atoms with Crippen molar-refractivity contribution < 1.29 is 9.21 Å². The molecule has 0 aliphatic carbocycles. The molecule has 0 spiro atoms. The van der Waals surface area contributed by atoms with Crippen molar-refractivity contribution in [3.8, 4) is 11.3 Å². The van der Waals surface area contributed by atoms with Gasteiger partial charge < -0.3 is 19.5 Å². The molecule has 27 heavy (non-hydrogen) atoms. The van der Waals surface area contributed by atoms with Gasteiger partial charge in [0.05, 0.1) is 18.5 Å². The number of benzene rings is 1. The van der Waals surface area contributed by atoms with Crippen LogP contribution in [0, 0.1) is 0 Å². The Balaban J connectivity index is 1.61. The first-order chi connectivity index (χ1) is 13.3. The Bertz CT molecular complexity index is 875. The molecule has 0 bridgehead atoms. The maximum Gasteiger partial charge on any atom is 0.225 e. The summed E-state index contributed by atoms with van der Waals surface area (Å²) in [7, 11) is 0. The molecule has 1 N–H and O–H groups in total. The van der Waals surface area contributed by atoms with Crippen molar-refractivity contribution >= 4 is 18.2 Å². The monoisotopic (exact) mass is 363 g/mol. The van der Waals surface area contributed by atoms with E-state index in [-0.39, 0.29) is 0 Å². The lowest BCUT2D eigenvalue weighted by atomic mass is 10.1. The number of carbonyl (C=O) groups excluding carboxylic acids is 1. The molecule has 1 amide bonds. The van der Waals surface area contributed by atoms with Crippen LogP contribution in [0.4, 0.5) is 11.8 Å². The fourth-order valence-electron chi connectivity index (χ4n) is 3.07. The summed E-state index contributed by atoms with van der Waals surface area (Å²) in [5, 5.41) is 3.25. The smallest absolute Gasteiger partial charge is 0.225 e. The van der Waals surface area contributed by atoms with Crippen LogP contribution in [-0.2, 0) is 11.3 Å². The van der Waals surface area contributed by atoms with Gasteiger partial charge in [0.15, 0.2) is 0 Å². The molecule has 1 fully saturated rings. The molecule has 1 aromatic carbocycles. The van der Waals surface area contributed by atoms with Gasteiger partial charge in [-0.1, -0.05) is 30.3 Å². The fourth-order valence-corrected chi connectivity index (χ4v) is 3.07. The van der Waals surface area contributed by atoms with E-state index in [1.807, 2.05) is 48.5 Å². The van der Waals surface area contributed by atoms with E-state index in [0.717, 1.165) is 42.3 Å². The SMILES string of the molecule is O=CN1CCN(c2cc(-c3ccccc3)nc(NCc3ccco3)n2)CC1. The predicted octanol–water partition coefficient (Wildman–Crippen LogP) is 2.63.